The molecule has 0 aliphatic heterocycles. The lowest BCUT2D eigenvalue weighted by Crippen LogP contribution is -2.20. The summed E-state index contributed by atoms with van der Waals surface area (Å²) >= 11 is 1.74. The number of rotatable bonds is 3. The maximum absolute atomic E-state index is 10.9. The van der Waals surface area contributed by atoms with Crippen molar-refractivity contribution in [3.8, 4) is 0 Å². The van der Waals surface area contributed by atoms with E-state index in [-0.39, 0.29) is 0 Å². The van der Waals surface area contributed by atoms with Gasteiger partial charge in [0.1, 0.15) is 0 Å². The summed E-state index contributed by atoms with van der Waals surface area (Å²) in [5.74, 6) is 0. The Morgan fingerprint density at radius 3 is 2.93 bits per heavy atom. The van der Waals surface area contributed by atoms with Crippen molar-refractivity contribution in [2.75, 3.05) is 6.26 Å². The van der Waals surface area contributed by atoms with Gasteiger partial charge in [0.25, 0.3) is 0 Å². The van der Waals surface area contributed by atoms with Gasteiger partial charge in [-0.1, -0.05) is 0 Å². The van der Waals surface area contributed by atoms with Gasteiger partial charge in [0, 0.05) is 16.3 Å². The normalized spacial score (nSPS) is 15.8. The van der Waals surface area contributed by atoms with Crippen LogP contribution in [0, 0.1) is 0 Å². The van der Waals surface area contributed by atoms with Gasteiger partial charge in [-0.2, -0.15) is 0 Å². The first-order chi connectivity index (χ1) is 6.54. The van der Waals surface area contributed by atoms with E-state index >= 15 is 0 Å². The first-order valence-electron chi connectivity index (χ1n) is 4.60. The molecule has 5 heteroatoms. The summed E-state index contributed by atoms with van der Waals surface area (Å²) in [5, 5.41) is 0. The van der Waals surface area contributed by atoms with E-state index < -0.39 is 10.0 Å². The van der Waals surface area contributed by atoms with Crippen molar-refractivity contribution in [3.05, 3.63) is 21.4 Å². The predicted octanol–water partition coefficient (Wildman–Crippen LogP) is 1.29. The number of aryl methyl sites for hydroxylation is 2. The number of thiophene rings is 1. The molecule has 1 heterocycles. The van der Waals surface area contributed by atoms with Crippen LogP contribution in [0.15, 0.2) is 6.07 Å². The molecule has 1 aliphatic carbocycles. The van der Waals surface area contributed by atoms with Gasteiger partial charge >= 0.3 is 0 Å². The summed E-state index contributed by atoms with van der Waals surface area (Å²) in [5.41, 5.74) is 1.42. The Labute approximate surface area is 88.2 Å². The average Bonchev–Trinajstić information content (AvgIpc) is 2.56. The second-order valence-electron chi connectivity index (χ2n) is 3.61. The minimum atomic E-state index is -3.06. The molecule has 1 aliphatic rings. The monoisotopic (exact) mass is 231 g/mol. The van der Waals surface area contributed by atoms with E-state index in [1.54, 1.807) is 11.3 Å². The van der Waals surface area contributed by atoms with Gasteiger partial charge in [-0.3, -0.25) is 0 Å². The van der Waals surface area contributed by atoms with Crippen LogP contribution in [0.2, 0.25) is 0 Å². The minimum absolute atomic E-state index is 0.441. The van der Waals surface area contributed by atoms with Crippen molar-refractivity contribution in [3.63, 3.8) is 0 Å². The Morgan fingerprint density at radius 2 is 2.29 bits per heavy atom. The standard InChI is InChI=1S/C9H13NO2S2/c1-14(11,12)10-6-8-5-7-3-2-4-9(7)13-8/h5,10H,2-4,6H2,1H3. The van der Waals surface area contributed by atoms with Crippen LogP contribution in [0.3, 0.4) is 0 Å². The summed E-state index contributed by atoms with van der Waals surface area (Å²) in [6, 6.07) is 2.13. The molecule has 1 aromatic heterocycles. The molecule has 14 heavy (non-hydrogen) atoms. The van der Waals surface area contributed by atoms with Crippen LogP contribution in [0.25, 0.3) is 0 Å². The van der Waals surface area contributed by atoms with E-state index in [2.05, 4.69) is 10.8 Å². The smallest absolute Gasteiger partial charge is 0.209 e. The van der Waals surface area contributed by atoms with Crippen molar-refractivity contribution in [2.24, 2.45) is 0 Å². The SMILES string of the molecule is CS(=O)(=O)NCc1cc2c(s1)CCC2. The van der Waals surface area contributed by atoms with Crippen molar-refractivity contribution >= 4 is 21.4 Å². The lowest BCUT2D eigenvalue weighted by atomic mass is 10.2. The molecule has 0 saturated carbocycles. The summed E-state index contributed by atoms with van der Waals surface area (Å²) in [6.45, 7) is 0.441. The first-order valence-corrected chi connectivity index (χ1v) is 7.30. The van der Waals surface area contributed by atoms with Crippen molar-refractivity contribution in [2.45, 2.75) is 25.8 Å². The molecule has 2 rings (SSSR count). The second kappa shape index (κ2) is 3.64. The third kappa shape index (κ3) is 2.34. The number of hydrogen-bond donors (Lipinski definition) is 1. The minimum Gasteiger partial charge on any atom is -0.213 e. The van der Waals surface area contributed by atoms with Crippen LogP contribution in [-0.2, 0) is 29.4 Å². The molecule has 0 bridgehead atoms. The van der Waals surface area contributed by atoms with Gasteiger partial charge < -0.3 is 0 Å². The van der Waals surface area contributed by atoms with Gasteiger partial charge in [0.05, 0.1) is 6.26 Å². The van der Waals surface area contributed by atoms with Crippen LogP contribution in [0.4, 0.5) is 0 Å². The molecular formula is C9H13NO2S2. The molecule has 0 unspecified atom stereocenters. The highest BCUT2D eigenvalue weighted by atomic mass is 32.2. The number of fused-ring (bicyclic) bond motifs is 1. The Bertz CT molecular complexity index is 412. The zero-order chi connectivity index (χ0) is 10.2. The predicted molar refractivity (Wildman–Crippen MR) is 58.0 cm³/mol. The Kier molecular flexibility index (Phi) is 2.64. The van der Waals surface area contributed by atoms with E-state index in [9.17, 15) is 8.42 Å². The zero-order valence-corrected chi connectivity index (χ0v) is 9.67. The Balaban J connectivity index is 2.05. The van der Waals surface area contributed by atoms with Crippen molar-refractivity contribution in [1.29, 1.82) is 0 Å². The number of hydrogen-bond acceptors (Lipinski definition) is 3. The molecule has 0 fully saturated rings. The molecule has 0 atom stereocenters. The molecule has 1 aromatic rings. The maximum Gasteiger partial charge on any atom is 0.209 e. The molecule has 0 saturated heterocycles. The Hall–Kier alpha value is -0.390. The fourth-order valence-electron chi connectivity index (χ4n) is 1.68. The third-order valence-corrected chi connectivity index (χ3v) is 4.21. The van der Waals surface area contributed by atoms with E-state index in [1.165, 1.54) is 29.5 Å². The molecule has 1 N–H and O–H groups in total. The first kappa shape index (κ1) is 10.1. The van der Waals surface area contributed by atoms with E-state index in [0.717, 1.165) is 11.3 Å². The second-order valence-corrected chi connectivity index (χ2v) is 6.66. The Morgan fingerprint density at radius 1 is 1.50 bits per heavy atom. The summed E-state index contributed by atoms with van der Waals surface area (Å²) in [7, 11) is -3.06. The van der Waals surface area contributed by atoms with Crippen LogP contribution in [0.5, 0.6) is 0 Å². The number of nitrogens with one attached hydrogen (secondary N) is 1. The van der Waals surface area contributed by atoms with Crippen molar-refractivity contribution in [1.82, 2.24) is 4.72 Å². The highest BCUT2D eigenvalue weighted by Gasteiger charge is 2.14. The van der Waals surface area contributed by atoms with Crippen LogP contribution in [-0.4, -0.2) is 14.7 Å². The molecule has 0 aromatic carbocycles. The largest absolute Gasteiger partial charge is 0.213 e. The average molecular weight is 231 g/mol. The van der Waals surface area contributed by atoms with Crippen LogP contribution in [0.1, 0.15) is 21.7 Å². The van der Waals surface area contributed by atoms with Gasteiger partial charge in [-0.15, -0.1) is 11.3 Å². The van der Waals surface area contributed by atoms with E-state index in [1.807, 2.05) is 0 Å². The third-order valence-electron chi connectivity index (χ3n) is 2.31. The van der Waals surface area contributed by atoms with Gasteiger partial charge in [-0.05, 0) is 30.9 Å². The molecule has 0 radical (unpaired) electrons. The quantitative estimate of drug-likeness (QED) is 0.852. The van der Waals surface area contributed by atoms with E-state index in [4.69, 9.17) is 0 Å². The topological polar surface area (TPSA) is 46.2 Å². The van der Waals surface area contributed by atoms with Crippen molar-refractivity contribution < 1.29 is 8.42 Å². The van der Waals surface area contributed by atoms with Gasteiger partial charge in [-0.25, -0.2) is 13.1 Å². The van der Waals surface area contributed by atoms with Crippen LogP contribution >= 0.6 is 11.3 Å². The lowest BCUT2D eigenvalue weighted by molar-refractivity contribution is 0.588. The van der Waals surface area contributed by atoms with Crippen LogP contribution < -0.4 is 4.72 Å². The van der Waals surface area contributed by atoms with Gasteiger partial charge in [0.2, 0.25) is 10.0 Å². The molecule has 0 spiro atoms. The summed E-state index contributed by atoms with van der Waals surface area (Å²) < 4.78 is 24.3. The molecular weight excluding hydrogens is 218 g/mol. The van der Waals surface area contributed by atoms with E-state index in [0.29, 0.717) is 6.54 Å². The number of sulfonamides is 1. The summed E-state index contributed by atoms with van der Waals surface area (Å²) in [6.07, 6.45) is 4.76. The highest BCUT2D eigenvalue weighted by molar-refractivity contribution is 7.88. The molecule has 3 nitrogen and oxygen atoms in total. The van der Waals surface area contributed by atoms with Gasteiger partial charge in [0.15, 0.2) is 0 Å². The lowest BCUT2D eigenvalue weighted by Gasteiger charge is -1.98. The molecule has 78 valence electrons. The fourth-order valence-corrected chi connectivity index (χ4v) is 3.39. The summed E-state index contributed by atoms with van der Waals surface area (Å²) in [4.78, 5) is 2.57. The highest BCUT2D eigenvalue weighted by Crippen LogP contribution is 2.30. The fraction of sp³-hybridized carbons (Fsp3) is 0.556. The molecule has 0 amide bonds. The zero-order valence-electron chi connectivity index (χ0n) is 8.04. The maximum atomic E-state index is 10.9.